The standard InChI is InChI=1S/C15H28N2O4/c1-6-11(3)17-13(19)12(18)16-9-8-10-21-14(20)15(4,5)7-2/h11H,6-10H2,1-5H3,(H,16,18)(H,17,19). The van der Waals surface area contributed by atoms with Gasteiger partial charge in [0.05, 0.1) is 12.0 Å². The molecule has 1 atom stereocenters. The van der Waals surface area contributed by atoms with Gasteiger partial charge in [0, 0.05) is 12.6 Å². The molecule has 0 aliphatic carbocycles. The second-order valence-corrected chi connectivity index (χ2v) is 5.77. The molecule has 122 valence electrons. The zero-order valence-corrected chi connectivity index (χ0v) is 13.7. The van der Waals surface area contributed by atoms with E-state index in [0.717, 1.165) is 6.42 Å². The molecule has 2 N–H and O–H groups in total. The summed E-state index contributed by atoms with van der Waals surface area (Å²) in [6.07, 6.45) is 1.95. The molecule has 2 amide bonds. The van der Waals surface area contributed by atoms with Gasteiger partial charge in [0.2, 0.25) is 0 Å². The minimum absolute atomic E-state index is 0.0273. The van der Waals surface area contributed by atoms with Crippen molar-refractivity contribution in [2.24, 2.45) is 5.41 Å². The van der Waals surface area contributed by atoms with E-state index in [2.05, 4.69) is 10.6 Å². The van der Waals surface area contributed by atoms with E-state index in [1.165, 1.54) is 0 Å². The first-order valence-electron chi connectivity index (χ1n) is 7.50. The van der Waals surface area contributed by atoms with Crippen LogP contribution >= 0.6 is 0 Å². The maximum atomic E-state index is 11.7. The Bertz CT molecular complexity index is 367. The smallest absolute Gasteiger partial charge is 0.311 e. The van der Waals surface area contributed by atoms with E-state index in [1.54, 1.807) is 0 Å². The highest BCUT2D eigenvalue weighted by Gasteiger charge is 2.26. The number of amides is 2. The van der Waals surface area contributed by atoms with Crippen molar-refractivity contribution < 1.29 is 19.1 Å². The van der Waals surface area contributed by atoms with Crippen LogP contribution < -0.4 is 10.6 Å². The van der Waals surface area contributed by atoms with Gasteiger partial charge in [0.15, 0.2) is 0 Å². The summed E-state index contributed by atoms with van der Waals surface area (Å²) in [6.45, 7) is 9.88. The lowest BCUT2D eigenvalue weighted by Crippen LogP contribution is -2.43. The lowest BCUT2D eigenvalue weighted by molar-refractivity contribution is -0.154. The van der Waals surface area contributed by atoms with Crippen LogP contribution in [-0.4, -0.2) is 37.0 Å². The van der Waals surface area contributed by atoms with E-state index in [9.17, 15) is 14.4 Å². The summed E-state index contributed by atoms with van der Waals surface area (Å²) >= 11 is 0. The summed E-state index contributed by atoms with van der Waals surface area (Å²) in [6, 6.07) is -0.0273. The normalized spacial score (nSPS) is 12.4. The highest BCUT2D eigenvalue weighted by molar-refractivity contribution is 6.35. The lowest BCUT2D eigenvalue weighted by atomic mass is 9.91. The molecule has 0 aliphatic rings. The lowest BCUT2D eigenvalue weighted by Gasteiger charge is -2.20. The third-order valence-corrected chi connectivity index (χ3v) is 3.47. The van der Waals surface area contributed by atoms with E-state index in [4.69, 9.17) is 4.74 Å². The summed E-state index contributed by atoms with van der Waals surface area (Å²) in [7, 11) is 0. The third kappa shape index (κ3) is 7.68. The molecule has 0 aliphatic heterocycles. The first kappa shape index (κ1) is 19.4. The van der Waals surface area contributed by atoms with Gasteiger partial charge in [-0.05, 0) is 40.0 Å². The summed E-state index contributed by atoms with van der Waals surface area (Å²) in [5.41, 5.74) is -0.487. The van der Waals surface area contributed by atoms with Gasteiger partial charge < -0.3 is 15.4 Å². The molecule has 6 nitrogen and oxygen atoms in total. The Morgan fingerprint density at radius 2 is 1.76 bits per heavy atom. The Balaban J connectivity index is 3.84. The van der Waals surface area contributed by atoms with Crippen molar-refractivity contribution in [3.05, 3.63) is 0 Å². The number of hydrogen-bond donors (Lipinski definition) is 2. The molecule has 1 unspecified atom stereocenters. The quantitative estimate of drug-likeness (QED) is 0.403. The maximum Gasteiger partial charge on any atom is 0.311 e. The molecule has 0 heterocycles. The van der Waals surface area contributed by atoms with Gasteiger partial charge in [-0.2, -0.15) is 0 Å². The van der Waals surface area contributed by atoms with E-state index in [-0.39, 0.29) is 18.6 Å². The van der Waals surface area contributed by atoms with Crippen molar-refractivity contribution >= 4 is 17.8 Å². The summed E-state index contributed by atoms with van der Waals surface area (Å²) < 4.78 is 5.13. The van der Waals surface area contributed by atoms with E-state index < -0.39 is 17.2 Å². The van der Waals surface area contributed by atoms with Crippen molar-refractivity contribution in [3.63, 3.8) is 0 Å². The molecule has 6 heteroatoms. The average molecular weight is 300 g/mol. The topological polar surface area (TPSA) is 84.5 Å². The summed E-state index contributed by atoms with van der Waals surface area (Å²) in [5.74, 6) is -1.53. The summed E-state index contributed by atoms with van der Waals surface area (Å²) in [5, 5.41) is 5.08. The Hall–Kier alpha value is -1.59. The predicted molar refractivity (Wildman–Crippen MR) is 80.6 cm³/mol. The van der Waals surface area contributed by atoms with Crippen LogP contribution in [0.2, 0.25) is 0 Å². The van der Waals surface area contributed by atoms with Crippen molar-refractivity contribution in [2.75, 3.05) is 13.2 Å². The second kappa shape index (κ2) is 9.37. The molecule has 0 saturated heterocycles. The second-order valence-electron chi connectivity index (χ2n) is 5.77. The van der Waals surface area contributed by atoms with Crippen LogP contribution in [0.3, 0.4) is 0 Å². The van der Waals surface area contributed by atoms with Crippen LogP contribution in [0.4, 0.5) is 0 Å². The van der Waals surface area contributed by atoms with Crippen molar-refractivity contribution in [2.45, 2.75) is 59.9 Å². The maximum absolute atomic E-state index is 11.7. The number of rotatable bonds is 8. The zero-order valence-electron chi connectivity index (χ0n) is 13.7. The summed E-state index contributed by atoms with van der Waals surface area (Å²) in [4.78, 5) is 34.6. The van der Waals surface area contributed by atoms with Gasteiger partial charge in [0.25, 0.3) is 0 Å². The molecule has 0 aromatic heterocycles. The minimum atomic E-state index is -0.657. The number of ether oxygens (including phenoxy) is 1. The fourth-order valence-corrected chi connectivity index (χ4v) is 1.25. The van der Waals surface area contributed by atoms with Crippen LogP contribution in [0.15, 0.2) is 0 Å². The highest BCUT2D eigenvalue weighted by Crippen LogP contribution is 2.21. The molecule has 0 bridgehead atoms. The molecule has 0 spiro atoms. The Morgan fingerprint density at radius 3 is 2.29 bits per heavy atom. The van der Waals surface area contributed by atoms with Crippen LogP contribution in [0.1, 0.15) is 53.9 Å². The van der Waals surface area contributed by atoms with Crippen molar-refractivity contribution in [1.29, 1.82) is 0 Å². The van der Waals surface area contributed by atoms with E-state index >= 15 is 0 Å². The number of hydrogen-bond acceptors (Lipinski definition) is 4. The van der Waals surface area contributed by atoms with Crippen LogP contribution in [0, 0.1) is 5.41 Å². The molecular formula is C15H28N2O4. The molecule has 0 radical (unpaired) electrons. The number of carbonyl (C=O) groups excluding carboxylic acids is 3. The minimum Gasteiger partial charge on any atom is -0.465 e. The molecule has 0 fully saturated rings. The van der Waals surface area contributed by atoms with Gasteiger partial charge in [-0.3, -0.25) is 14.4 Å². The molecule has 0 saturated carbocycles. The van der Waals surface area contributed by atoms with Gasteiger partial charge in [-0.15, -0.1) is 0 Å². The zero-order chi connectivity index (χ0) is 16.5. The fraction of sp³-hybridized carbons (Fsp3) is 0.800. The van der Waals surface area contributed by atoms with Gasteiger partial charge in [0.1, 0.15) is 0 Å². The van der Waals surface area contributed by atoms with Crippen molar-refractivity contribution in [3.8, 4) is 0 Å². The predicted octanol–water partition coefficient (Wildman–Crippen LogP) is 1.39. The largest absolute Gasteiger partial charge is 0.465 e. The first-order valence-corrected chi connectivity index (χ1v) is 7.50. The van der Waals surface area contributed by atoms with Crippen LogP contribution in [0.5, 0.6) is 0 Å². The fourth-order valence-electron chi connectivity index (χ4n) is 1.25. The molecule has 21 heavy (non-hydrogen) atoms. The number of nitrogens with one attached hydrogen (secondary N) is 2. The van der Waals surface area contributed by atoms with Gasteiger partial charge in [-0.1, -0.05) is 13.8 Å². The molecule has 0 rings (SSSR count). The Kier molecular flexibility index (Phi) is 8.66. The Labute approximate surface area is 127 Å². The van der Waals surface area contributed by atoms with Crippen LogP contribution in [-0.2, 0) is 19.1 Å². The average Bonchev–Trinajstić information content (AvgIpc) is 2.45. The molecular weight excluding hydrogens is 272 g/mol. The number of esters is 1. The van der Waals surface area contributed by atoms with E-state index in [1.807, 2.05) is 34.6 Å². The Morgan fingerprint density at radius 1 is 1.14 bits per heavy atom. The first-order chi connectivity index (χ1) is 9.74. The van der Waals surface area contributed by atoms with Gasteiger partial charge in [-0.25, -0.2) is 0 Å². The van der Waals surface area contributed by atoms with Crippen molar-refractivity contribution in [1.82, 2.24) is 10.6 Å². The third-order valence-electron chi connectivity index (χ3n) is 3.47. The van der Waals surface area contributed by atoms with E-state index in [0.29, 0.717) is 19.4 Å². The molecule has 0 aromatic carbocycles. The van der Waals surface area contributed by atoms with Crippen LogP contribution in [0.25, 0.3) is 0 Å². The van der Waals surface area contributed by atoms with Gasteiger partial charge >= 0.3 is 17.8 Å². The highest BCUT2D eigenvalue weighted by atomic mass is 16.5. The SMILES string of the molecule is CCC(C)NC(=O)C(=O)NCCCOC(=O)C(C)(C)CC. The monoisotopic (exact) mass is 300 g/mol. The molecule has 0 aromatic rings. The number of carbonyl (C=O) groups is 3.